The first kappa shape index (κ1) is 13.8. The van der Waals surface area contributed by atoms with Crippen LogP contribution in [-0.2, 0) is 5.88 Å². The van der Waals surface area contributed by atoms with Crippen molar-refractivity contribution in [2.24, 2.45) is 0 Å². The van der Waals surface area contributed by atoms with E-state index < -0.39 is 28.9 Å². The van der Waals surface area contributed by atoms with Crippen LogP contribution in [0.3, 0.4) is 0 Å². The molecule has 2 rings (SSSR count). The predicted octanol–water partition coefficient (Wildman–Crippen LogP) is 3.55. The van der Waals surface area contributed by atoms with Gasteiger partial charge in [-0.3, -0.25) is 10.1 Å². The van der Waals surface area contributed by atoms with E-state index in [1.54, 1.807) is 5.38 Å². The van der Waals surface area contributed by atoms with E-state index in [9.17, 15) is 18.0 Å². The van der Waals surface area contributed by atoms with Crippen LogP contribution in [-0.4, -0.2) is 10.9 Å². The van der Waals surface area contributed by atoms with Crippen molar-refractivity contribution in [3.8, 4) is 0 Å². The van der Waals surface area contributed by atoms with Crippen molar-refractivity contribution in [3.63, 3.8) is 0 Å². The van der Waals surface area contributed by atoms with Crippen molar-refractivity contribution in [1.82, 2.24) is 4.98 Å². The highest BCUT2D eigenvalue weighted by Gasteiger charge is 2.20. The number of amides is 1. The van der Waals surface area contributed by atoms with E-state index in [1.807, 2.05) is 0 Å². The molecule has 0 fully saturated rings. The van der Waals surface area contributed by atoms with Gasteiger partial charge in [0.15, 0.2) is 5.13 Å². The van der Waals surface area contributed by atoms with Gasteiger partial charge < -0.3 is 0 Å². The lowest BCUT2D eigenvalue weighted by Crippen LogP contribution is -2.16. The fourth-order valence-corrected chi connectivity index (χ4v) is 2.28. The van der Waals surface area contributed by atoms with Crippen LogP contribution in [0.2, 0.25) is 0 Å². The highest BCUT2D eigenvalue weighted by Crippen LogP contribution is 2.20. The Kier molecular flexibility index (Phi) is 4.06. The number of nitrogens with zero attached hydrogens (tertiary/aromatic N) is 1. The van der Waals surface area contributed by atoms with Gasteiger partial charge in [0.25, 0.3) is 5.91 Å². The Labute approximate surface area is 115 Å². The van der Waals surface area contributed by atoms with Crippen LogP contribution in [0.1, 0.15) is 16.1 Å². The van der Waals surface area contributed by atoms with Crippen molar-refractivity contribution in [1.29, 1.82) is 0 Å². The van der Waals surface area contributed by atoms with Gasteiger partial charge in [-0.2, -0.15) is 0 Å². The number of hydrogen-bond acceptors (Lipinski definition) is 3. The third kappa shape index (κ3) is 3.05. The monoisotopic (exact) mass is 306 g/mol. The van der Waals surface area contributed by atoms with Gasteiger partial charge in [-0.15, -0.1) is 22.9 Å². The molecule has 3 nitrogen and oxygen atoms in total. The summed E-state index contributed by atoms with van der Waals surface area (Å²) in [7, 11) is 0. The molecule has 1 N–H and O–H groups in total. The van der Waals surface area contributed by atoms with E-state index in [-0.39, 0.29) is 11.0 Å². The van der Waals surface area contributed by atoms with E-state index in [0.717, 1.165) is 11.3 Å². The average molecular weight is 307 g/mol. The fourth-order valence-electron chi connectivity index (χ4n) is 1.34. The van der Waals surface area contributed by atoms with Gasteiger partial charge in [0, 0.05) is 17.5 Å². The van der Waals surface area contributed by atoms with Crippen LogP contribution >= 0.6 is 22.9 Å². The minimum atomic E-state index is -1.27. The SMILES string of the molecule is O=C(Nc1nc(CCl)cs1)c1c(F)cc(F)cc1F. The minimum Gasteiger partial charge on any atom is -0.298 e. The highest BCUT2D eigenvalue weighted by atomic mass is 35.5. The first-order valence-electron chi connectivity index (χ1n) is 4.97. The molecular formula is C11H6ClF3N2OS. The number of nitrogens with one attached hydrogen (secondary N) is 1. The Balaban J connectivity index is 2.25. The maximum absolute atomic E-state index is 13.4. The molecule has 0 saturated heterocycles. The lowest BCUT2D eigenvalue weighted by atomic mass is 10.2. The summed E-state index contributed by atoms with van der Waals surface area (Å²) in [5.74, 6) is -4.52. The van der Waals surface area contributed by atoms with Gasteiger partial charge in [0.1, 0.15) is 23.0 Å². The molecule has 0 aliphatic rings. The maximum Gasteiger partial charge on any atom is 0.263 e. The summed E-state index contributed by atoms with van der Waals surface area (Å²) in [4.78, 5) is 15.6. The number of rotatable bonds is 3. The van der Waals surface area contributed by atoms with Crippen molar-refractivity contribution in [2.75, 3.05) is 5.32 Å². The van der Waals surface area contributed by atoms with E-state index in [0.29, 0.717) is 17.8 Å². The molecule has 19 heavy (non-hydrogen) atoms. The van der Waals surface area contributed by atoms with Gasteiger partial charge >= 0.3 is 0 Å². The zero-order chi connectivity index (χ0) is 14.0. The zero-order valence-corrected chi connectivity index (χ0v) is 10.8. The van der Waals surface area contributed by atoms with Gasteiger partial charge in [-0.25, -0.2) is 18.2 Å². The molecule has 0 aliphatic carbocycles. The van der Waals surface area contributed by atoms with Crippen molar-refractivity contribution >= 4 is 34.0 Å². The number of alkyl halides is 1. The molecule has 0 aliphatic heterocycles. The summed E-state index contributed by atoms with van der Waals surface area (Å²) >= 11 is 6.60. The smallest absolute Gasteiger partial charge is 0.263 e. The summed E-state index contributed by atoms with van der Waals surface area (Å²) in [6.07, 6.45) is 0. The second kappa shape index (κ2) is 5.58. The summed E-state index contributed by atoms with van der Waals surface area (Å²) in [5, 5.41) is 3.97. The van der Waals surface area contributed by atoms with Crippen molar-refractivity contribution in [3.05, 3.63) is 46.2 Å². The molecule has 0 unspecified atom stereocenters. The van der Waals surface area contributed by atoms with Crippen LogP contribution in [0.25, 0.3) is 0 Å². The Morgan fingerprint density at radius 1 is 1.32 bits per heavy atom. The molecule has 0 radical (unpaired) electrons. The molecule has 0 atom stereocenters. The lowest BCUT2D eigenvalue weighted by Gasteiger charge is -2.04. The number of halogens is 4. The number of anilines is 1. The summed E-state index contributed by atoms with van der Waals surface area (Å²) in [5.41, 5.74) is -0.328. The highest BCUT2D eigenvalue weighted by molar-refractivity contribution is 7.14. The number of hydrogen-bond donors (Lipinski definition) is 1. The third-order valence-electron chi connectivity index (χ3n) is 2.14. The van der Waals surface area contributed by atoms with E-state index in [2.05, 4.69) is 10.3 Å². The van der Waals surface area contributed by atoms with Gasteiger partial charge in [0.05, 0.1) is 11.6 Å². The summed E-state index contributed by atoms with van der Waals surface area (Å²) in [6, 6.07) is 0.869. The number of aromatic nitrogens is 1. The van der Waals surface area contributed by atoms with Crippen LogP contribution in [0, 0.1) is 17.5 Å². The Morgan fingerprint density at radius 3 is 2.47 bits per heavy atom. The van der Waals surface area contributed by atoms with Crippen molar-refractivity contribution in [2.45, 2.75) is 5.88 Å². The van der Waals surface area contributed by atoms with Crippen LogP contribution < -0.4 is 5.32 Å². The topological polar surface area (TPSA) is 42.0 Å². The molecule has 1 amide bonds. The number of carbonyl (C=O) groups excluding carboxylic acids is 1. The molecule has 1 aromatic carbocycles. The maximum atomic E-state index is 13.4. The molecular weight excluding hydrogens is 301 g/mol. The number of carbonyl (C=O) groups is 1. The molecule has 0 bridgehead atoms. The largest absolute Gasteiger partial charge is 0.298 e. The second-order valence-electron chi connectivity index (χ2n) is 3.48. The molecule has 1 aromatic heterocycles. The minimum absolute atomic E-state index is 0.156. The first-order chi connectivity index (χ1) is 9.01. The number of benzene rings is 1. The molecule has 0 saturated carbocycles. The number of thiazole rings is 1. The lowest BCUT2D eigenvalue weighted by molar-refractivity contribution is 0.101. The zero-order valence-electron chi connectivity index (χ0n) is 9.21. The molecule has 8 heteroatoms. The Morgan fingerprint density at radius 2 is 1.95 bits per heavy atom. The Hall–Kier alpha value is -1.60. The third-order valence-corrected chi connectivity index (χ3v) is 3.22. The van der Waals surface area contributed by atoms with Gasteiger partial charge in [-0.1, -0.05) is 0 Å². The fraction of sp³-hybridized carbons (Fsp3) is 0.0909. The molecule has 2 aromatic rings. The van der Waals surface area contributed by atoms with Crippen LogP contribution in [0.5, 0.6) is 0 Å². The first-order valence-corrected chi connectivity index (χ1v) is 6.39. The Bertz CT molecular complexity index is 609. The normalized spacial score (nSPS) is 10.5. The second-order valence-corrected chi connectivity index (χ2v) is 4.60. The van der Waals surface area contributed by atoms with E-state index in [4.69, 9.17) is 11.6 Å². The standard InChI is InChI=1S/C11H6ClF3N2OS/c12-3-6-4-19-11(16-6)17-10(18)9-7(14)1-5(13)2-8(9)15/h1-2,4H,3H2,(H,16,17,18). The molecule has 1 heterocycles. The van der Waals surface area contributed by atoms with Crippen molar-refractivity contribution < 1.29 is 18.0 Å². The molecule has 0 spiro atoms. The van der Waals surface area contributed by atoms with E-state index in [1.165, 1.54) is 0 Å². The summed E-state index contributed by atoms with van der Waals surface area (Å²) in [6.45, 7) is 0. The van der Waals surface area contributed by atoms with E-state index >= 15 is 0 Å². The quantitative estimate of drug-likeness (QED) is 0.881. The van der Waals surface area contributed by atoms with Crippen LogP contribution in [0.15, 0.2) is 17.5 Å². The predicted molar refractivity (Wildman–Crippen MR) is 65.9 cm³/mol. The van der Waals surface area contributed by atoms with Gasteiger partial charge in [-0.05, 0) is 0 Å². The van der Waals surface area contributed by atoms with Gasteiger partial charge in [0.2, 0.25) is 0 Å². The average Bonchev–Trinajstić information content (AvgIpc) is 2.75. The summed E-state index contributed by atoms with van der Waals surface area (Å²) < 4.78 is 39.4. The van der Waals surface area contributed by atoms with Crippen LogP contribution in [0.4, 0.5) is 18.3 Å². The molecule has 100 valence electrons.